The first-order valence-electron chi connectivity index (χ1n) is 8.00. The molecule has 2 aliphatic rings. The second kappa shape index (κ2) is 6.14. The van der Waals surface area contributed by atoms with Gasteiger partial charge in [0.25, 0.3) is 0 Å². The molecule has 0 spiro atoms. The second-order valence-electron chi connectivity index (χ2n) is 6.57. The van der Waals surface area contributed by atoms with E-state index in [0.717, 1.165) is 47.4 Å². The number of halogens is 1. The Labute approximate surface area is 141 Å². The Balaban J connectivity index is 2.24. The summed E-state index contributed by atoms with van der Waals surface area (Å²) in [5, 5.41) is 20.8. The first kappa shape index (κ1) is 16.3. The number of carbonyl (C=O) groups is 1. The van der Waals surface area contributed by atoms with Crippen LogP contribution in [0.25, 0.3) is 0 Å². The van der Waals surface area contributed by atoms with E-state index in [2.05, 4.69) is 0 Å². The van der Waals surface area contributed by atoms with Crippen LogP contribution in [0.1, 0.15) is 47.2 Å². The Bertz CT molecular complexity index is 705. The molecule has 122 valence electrons. The standard InChI is InChI=1S/C19H21ClO3/c1-12-4-2-6-15(18(22)23)17(12)19(11-21)9-3-5-13-10-14(20)7-8-16(13)19/h2,4,6-8,13,21H,3,5,9-11H2,1H3,(H,22,23)/t13?,19-/m0/s1. The van der Waals surface area contributed by atoms with Gasteiger partial charge in [0, 0.05) is 10.4 Å². The zero-order chi connectivity index (χ0) is 16.6. The minimum atomic E-state index is -0.941. The van der Waals surface area contributed by atoms with Gasteiger partial charge in [-0.05, 0) is 55.4 Å². The van der Waals surface area contributed by atoms with E-state index in [1.165, 1.54) is 0 Å². The number of aliphatic hydroxyl groups excluding tert-OH is 1. The maximum absolute atomic E-state index is 11.8. The summed E-state index contributed by atoms with van der Waals surface area (Å²) in [6, 6.07) is 5.33. The van der Waals surface area contributed by atoms with Gasteiger partial charge in [0.2, 0.25) is 0 Å². The van der Waals surface area contributed by atoms with Crippen molar-refractivity contribution in [2.24, 2.45) is 5.92 Å². The maximum atomic E-state index is 11.8. The van der Waals surface area contributed by atoms with Crippen molar-refractivity contribution in [1.82, 2.24) is 0 Å². The van der Waals surface area contributed by atoms with Crippen LogP contribution in [0, 0.1) is 12.8 Å². The molecule has 1 aromatic carbocycles. The number of aryl methyl sites for hydroxylation is 1. The Morgan fingerprint density at radius 3 is 2.87 bits per heavy atom. The summed E-state index contributed by atoms with van der Waals surface area (Å²) in [5.74, 6) is -0.654. The van der Waals surface area contributed by atoms with Crippen molar-refractivity contribution in [3.05, 3.63) is 57.6 Å². The lowest BCUT2D eigenvalue weighted by molar-refractivity contribution is 0.0691. The molecule has 0 heterocycles. The van der Waals surface area contributed by atoms with Gasteiger partial charge < -0.3 is 10.2 Å². The Hall–Kier alpha value is -1.58. The molecular formula is C19H21ClO3. The van der Waals surface area contributed by atoms with Crippen LogP contribution in [-0.4, -0.2) is 22.8 Å². The highest BCUT2D eigenvalue weighted by Crippen LogP contribution is 2.51. The monoisotopic (exact) mass is 332 g/mol. The number of allylic oxidation sites excluding steroid dienone is 3. The summed E-state index contributed by atoms with van der Waals surface area (Å²) in [6.07, 6.45) is 7.43. The van der Waals surface area contributed by atoms with Crippen LogP contribution in [0.5, 0.6) is 0 Å². The van der Waals surface area contributed by atoms with Gasteiger partial charge in [-0.3, -0.25) is 0 Å². The SMILES string of the molecule is Cc1cccc(C(=O)O)c1[C@]1(CO)CCCC2CC(Cl)=CC=C21. The lowest BCUT2D eigenvalue weighted by Gasteiger charge is -2.45. The molecule has 4 heteroatoms. The Morgan fingerprint density at radius 2 is 2.17 bits per heavy atom. The van der Waals surface area contributed by atoms with Crippen molar-refractivity contribution in [2.45, 2.75) is 38.0 Å². The van der Waals surface area contributed by atoms with E-state index in [1.54, 1.807) is 12.1 Å². The number of aliphatic hydroxyl groups is 1. The van der Waals surface area contributed by atoms with Crippen molar-refractivity contribution in [3.8, 4) is 0 Å². The number of carboxylic acids is 1. The minimum Gasteiger partial charge on any atom is -0.478 e. The first-order chi connectivity index (χ1) is 11.0. The highest BCUT2D eigenvalue weighted by Gasteiger charge is 2.45. The molecule has 3 nitrogen and oxygen atoms in total. The Morgan fingerprint density at radius 1 is 1.39 bits per heavy atom. The topological polar surface area (TPSA) is 57.5 Å². The highest BCUT2D eigenvalue weighted by molar-refractivity contribution is 6.29. The third-order valence-electron chi connectivity index (χ3n) is 5.29. The molecule has 0 saturated heterocycles. The molecule has 0 bridgehead atoms. The summed E-state index contributed by atoms with van der Waals surface area (Å²) in [4.78, 5) is 11.8. The molecule has 2 aliphatic carbocycles. The van der Waals surface area contributed by atoms with Gasteiger partial charge in [-0.2, -0.15) is 0 Å². The molecule has 0 radical (unpaired) electrons. The van der Waals surface area contributed by atoms with Crippen molar-refractivity contribution >= 4 is 17.6 Å². The van der Waals surface area contributed by atoms with E-state index in [0.29, 0.717) is 5.56 Å². The summed E-state index contributed by atoms with van der Waals surface area (Å²) in [7, 11) is 0. The zero-order valence-corrected chi connectivity index (χ0v) is 13.9. The molecule has 1 aromatic rings. The summed E-state index contributed by atoms with van der Waals surface area (Å²) >= 11 is 6.19. The number of hydrogen-bond acceptors (Lipinski definition) is 2. The molecule has 0 aliphatic heterocycles. The normalized spacial score (nSPS) is 27.0. The smallest absolute Gasteiger partial charge is 0.336 e. The van der Waals surface area contributed by atoms with Crippen LogP contribution >= 0.6 is 11.6 Å². The van der Waals surface area contributed by atoms with E-state index in [4.69, 9.17) is 11.6 Å². The average Bonchev–Trinajstić information content (AvgIpc) is 2.53. The largest absolute Gasteiger partial charge is 0.478 e. The summed E-state index contributed by atoms with van der Waals surface area (Å²) in [5.41, 5.74) is 2.49. The molecule has 0 aromatic heterocycles. The minimum absolute atomic E-state index is 0.0775. The van der Waals surface area contributed by atoms with Crippen molar-refractivity contribution < 1.29 is 15.0 Å². The van der Waals surface area contributed by atoms with E-state index in [-0.39, 0.29) is 12.5 Å². The van der Waals surface area contributed by atoms with Crippen LogP contribution in [0.15, 0.2) is 41.0 Å². The van der Waals surface area contributed by atoms with Crippen molar-refractivity contribution in [1.29, 1.82) is 0 Å². The van der Waals surface area contributed by atoms with Gasteiger partial charge in [-0.25, -0.2) is 4.79 Å². The molecular weight excluding hydrogens is 312 g/mol. The Kier molecular flexibility index (Phi) is 4.35. The predicted octanol–water partition coefficient (Wildman–Crippen LogP) is 4.18. The van der Waals surface area contributed by atoms with Gasteiger partial charge in [0.15, 0.2) is 0 Å². The number of carboxylic acid groups (broad SMARTS) is 1. The fraction of sp³-hybridized carbons (Fsp3) is 0.421. The molecule has 1 unspecified atom stereocenters. The van der Waals surface area contributed by atoms with E-state index in [1.807, 2.05) is 25.1 Å². The zero-order valence-electron chi connectivity index (χ0n) is 13.2. The van der Waals surface area contributed by atoms with Gasteiger partial charge in [0.05, 0.1) is 12.2 Å². The number of fused-ring (bicyclic) bond motifs is 1. The molecule has 1 fully saturated rings. The lowest BCUT2D eigenvalue weighted by atomic mass is 9.59. The predicted molar refractivity (Wildman–Crippen MR) is 90.9 cm³/mol. The number of hydrogen-bond donors (Lipinski definition) is 2. The van der Waals surface area contributed by atoms with Crippen molar-refractivity contribution in [2.75, 3.05) is 6.61 Å². The van der Waals surface area contributed by atoms with E-state index in [9.17, 15) is 15.0 Å². The number of benzene rings is 1. The summed E-state index contributed by atoms with van der Waals surface area (Å²) < 4.78 is 0. The van der Waals surface area contributed by atoms with Crippen LogP contribution in [-0.2, 0) is 5.41 Å². The molecule has 23 heavy (non-hydrogen) atoms. The fourth-order valence-corrected chi connectivity index (χ4v) is 4.58. The van der Waals surface area contributed by atoms with Crippen LogP contribution < -0.4 is 0 Å². The molecule has 1 saturated carbocycles. The number of rotatable bonds is 3. The van der Waals surface area contributed by atoms with Gasteiger partial charge in [-0.1, -0.05) is 41.8 Å². The molecule has 3 rings (SSSR count). The highest BCUT2D eigenvalue weighted by atomic mass is 35.5. The van der Waals surface area contributed by atoms with Crippen LogP contribution in [0.4, 0.5) is 0 Å². The van der Waals surface area contributed by atoms with Crippen LogP contribution in [0.3, 0.4) is 0 Å². The molecule has 2 atom stereocenters. The van der Waals surface area contributed by atoms with E-state index >= 15 is 0 Å². The maximum Gasteiger partial charge on any atom is 0.336 e. The van der Waals surface area contributed by atoms with Gasteiger partial charge >= 0.3 is 5.97 Å². The van der Waals surface area contributed by atoms with Crippen molar-refractivity contribution in [3.63, 3.8) is 0 Å². The third-order valence-corrected chi connectivity index (χ3v) is 5.57. The van der Waals surface area contributed by atoms with Gasteiger partial charge in [-0.15, -0.1) is 0 Å². The average molecular weight is 333 g/mol. The van der Waals surface area contributed by atoms with E-state index < -0.39 is 11.4 Å². The third kappa shape index (κ3) is 2.62. The van der Waals surface area contributed by atoms with Gasteiger partial charge in [0.1, 0.15) is 0 Å². The second-order valence-corrected chi connectivity index (χ2v) is 7.06. The summed E-state index contributed by atoms with van der Waals surface area (Å²) in [6.45, 7) is 1.85. The first-order valence-corrected chi connectivity index (χ1v) is 8.38. The van der Waals surface area contributed by atoms with Crippen LogP contribution in [0.2, 0.25) is 0 Å². The molecule has 0 amide bonds. The number of aromatic carboxylic acids is 1. The fourth-order valence-electron chi connectivity index (χ4n) is 4.33. The quantitative estimate of drug-likeness (QED) is 0.873. The molecule has 2 N–H and O–H groups in total. The lowest BCUT2D eigenvalue weighted by Crippen LogP contribution is -2.41.